The van der Waals surface area contributed by atoms with E-state index in [1.54, 1.807) is 6.92 Å². The third-order valence-corrected chi connectivity index (χ3v) is 1.08. The molecule has 0 aromatic rings. The maximum Gasteiger partial charge on any atom is 0.333 e. The highest BCUT2D eigenvalue weighted by Gasteiger charge is 2.05. The summed E-state index contributed by atoms with van der Waals surface area (Å²) in [5.41, 5.74) is 0.379. The van der Waals surface area contributed by atoms with Crippen LogP contribution in [-0.2, 0) is 9.53 Å². The smallest absolute Gasteiger partial charge is 0.333 e. The van der Waals surface area contributed by atoms with Gasteiger partial charge in [0.1, 0.15) is 10.9 Å². The maximum absolute atomic E-state index is 10.6. The van der Waals surface area contributed by atoms with Crippen molar-refractivity contribution in [3.8, 4) is 0 Å². The second-order valence-corrected chi connectivity index (χ2v) is 3.93. The van der Waals surface area contributed by atoms with Crippen molar-refractivity contribution in [2.45, 2.75) is 11.2 Å². The lowest BCUT2D eigenvalue weighted by Crippen LogP contribution is -2.09. The zero-order valence-corrected chi connectivity index (χ0v) is 7.91. The first-order valence-electron chi connectivity index (χ1n) is 2.65. The molecule has 0 aliphatic rings. The van der Waals surface area contributed by atoms with E-state index in [0.717, 1.165) is 0 Å². The fourth-order valence-corrected chi connectivity index (χ4v) is 0.457. The Balaban J connectivity index is 3.50. The van der Waals surface area contributed by atoms with Crippen molar-refractivity contribution < 1.29 is 9.53 Å². The Bertz CT molecular complexity index is 145. The molecule has 0 radical (unpaired) electrons. The summed E-state index contributed by atoms with van der Waals surface area (Å²) in [6.45, 7) is 5.14. The van der Waals surface area contributed by atoms with Crippen LogP contribution in [0.1, 0.15) is 6.92 Å². The fraction of sp³-hybridized carbons (Fsp3) is 0.500. The van der Waals surface area contributed by atoms with Gasteiger partial charge in [0.2, 0.25) is 0 Å². The van der Waals surface area contributed by atoms with Gasteiger partial charge in [-0.1, -0.05) is 22.5 Å². The van der Waals surface area contributed by atoms with Crippen LogP contribution in [0, 0.1) is 0 Å². The minimum absolute atomic E-state index is 0.160. The normalized spacial score (nSPS) is 12.3. The van der Waals surface area contributed by atoms with Gasteiger partial charge in [0.05, 0.1) is 0 Å². The minimum Gasteiger partial charge on any atom is -0.460 e. The van der Waals surface area contributed by atoms with Gasteiger partial charge >= 0.3 is 5.97 Å². The number of alkyl halides is 2. The van der Waals surface area contributed by atoms with E-state index in [2.05, 4.69) is 27.2 Å². The van der Waals surface area contributed by atoms with E-state index in [-0.39, 0.29) is 10.9 Å². The summed E-state index contributed by atoms with van der Waals surface area (Å²) >= 11 is 8.45. The summed E-state index contributed by atoms with van der Waals surface area (Å²) < 4.78 is 4.32. The van der Waals surface area contributed by atoms with Gasteiger partial charge < -0.3 is 4.74 Å². The molecular weight excluding hydrogens is 219 g/mol. The largest absolute Gasteiger partial charge is 0.460 e. The number of hydrogen-bond acceptors (Lipinski definition) is 2. The quantitative estimate of drug-likeness (QED) is 0.419. The third kappa shape index (κ3) is 4.82. The molecule has 0 aliphatic heterocycles. The van der Waals surface area contributed by atoms with Crippen molar-refractivity contribution in [2.24, 2.45) is 0 Å². The SMILES string of the molecule is C=C(C)C(=O)OCC(Cl)Br. The Morgan fingerprint density at radius 1 is 1.90 bits per heavy atom. The number of carbonyl (C=O) groups excluding carboxylic acids is 1. The lowest BCUT2D eigenvalue weighted by molar-refractivity contribution is -0.138. The van der Waals surface area contributed by atoms with E-state index >= 15 is 0 Å². The topological polar surface area (TPSA) is 26.3 Å². The number of rotatable bonds is 3. The molecule has 0 amide bonds. The van der Waals surface area contributed by atoms with Crippen molar-refractivity contribution in [3.63, 3.8) is 0 Å². The second-order valence-electron chi connectivity index (χ2n) is 1.77. The molecule has 0 saturated carbocycles. The molecular formula is C6H8BrClO2. The molecule has 2 nitrogen and oxygen atoms in total. The Hall–Kier alpha value is -0.0200. The van der Waals surface area contributed by atoms with E-state index in [0.29, 0.717) is 5.57 Å². The molecule has 0 aliphatic carbocycles. The molecule has 0 rings (SSSR count). The van der Waals surface area contributed by atoms with Gasteiger partial charge in [0, 0.05) is 5.57 Å². The zero-order chi connectivity index (χ0) is 8.15. The van der Waals surface area contributed by atoms with E-state index in [9.17, 15) is 4.79 Å². The van der Waals surface area contributed by atoms with Gasteiger partial charge in [0.15, 0.2) is 0 Å². The average Bonchev–Trinajstić information content (AvgIpc) is 1.82. The summed E-state index contributed by atoms with van der Waals surface area (Å²) in [4.78, 5) is 10.6. The number of carbonyl (C=O) groups is 1. The molecule has 0 heterocycles. The number of hydrogen-bond donors (Lipinski definition) is 0. The molecule has 58 valence electrons. The summed E-state index contributed by atoms with van der Waals surface area (Å²) in [6.07, 6.45) is 0. The summed E-state index contributed by atoms with van der Waals surface area (Å²) in [5, 5.41) is 0. The van der Waals surface area contributed by atoms with Crippen LogP contribution < -0.4 is 0 Å². The average molecular weight is 227 g/mol. The van der Waals surface area contributed by atoms with Crippen LogP contribution in [0.5, 0.6) is 0 Å². The van der Waals surface area contributed by atoms with E-state index in [4.69, 9.17) is 11.6 Å². The van der Waals surface area contributed by atoms with Crippen LogP contribution in [0.4, 0.5) is 0 Å². The zero-order valence-electron chi connectivity index (χ0n) is 5.56. The van der Waals surface area contributed by atoms with Crippen LogP contribution in [0.2, 0.25) is 0 Å². The van der Waals surface area contributed by atoms with Crippen molar-refractivity contribution in [1.29, 1.82) is 0 Å². The Morgan fingerprint density at radius 2 is 2.40 bits per heavy atom. The van der Waals surface area contributed by atoms with Gasteiger partial charge in [-0.05, 0) is 6.92 Å². The Kier molecular flexibility index (Phi) is 4.73. The van der Waals surface area contributed by atoms with Crippen LogP contribution in [0.25, 0.3) is 0 Å². The van der Waals surface area contributed by atoms with Gasteiger partial charge in [-0.3, -0.25) is 0 Å². The number of halogens is 2. The van der Waals surface area contributed by atoms with Crippen LogP contribution in [0.3, 0.4) is 0 Å². The van der Waals surface area contributed by atoms with Crippen LogP contribution in [-0.4, -0.2) is 16.9 Å². The molecule has 0 saturated heterocycles. The molecule has 0 N–H and O–H groups in total. The van der Waals surface area contributed by atoms with Crippen LogP contribution in [0.15, 0.2) is 12.2 Å². The van der Waals surface area contributed by atoms with E-state index < -0.39 is 5.97 Å². The highest BCUT2D eigenvalue weighted by atomic mass is 79.9. The number of esters is 1. The maximum atomic E-state index is 10.6. The summed E-state index contributed by atoms with van der Waals surface area (Å²) in [5.74, 6) is -0.412. The number of ether oxygens (including phenoxy) is 1. The second kappa shape index (κ2) is 4.74. The first-order chi connectivity index (χ1) is 4.54. The highest BCUT2D eigenvalue weighted by Crippen LogP contribution is 2.05. The summed E-state index contributed by atoms with van der Waals surface area (Å²) in [7, 11) is 0. The first kappa shape index (κ1) is 9.98. The Labute approximate surface area is 73.3 Å². The molecule has 0 aromatic heterocycles. The molecule has 0 aromatic carbocycles. The van der Waals surface area contributed by atoms with E-state index in [1.165, 1.54) is 0 Å². The molecule has 0 fully saturated rings. The monoisotopic (exact) mass is 226 g/mol. The molecule has 1 unspecified atom stereocenters. The van der Waals surface area contributed by atoms with Crippen molar-refractivity contribution in [1.82, 2.24) is 0 Å². The van der Waals surface area contributed by atoms with Gasteiger partial charge in [-0.15, -0.1) is 11.6 Å². The molecule has 1 atom stereocenters. The highest BCUT2D eigenvalue weighted by molar-refractivity contribution is 9.10. The summed E-state index contributed by atoms with van der Waals surface area (Å²) in [6, 6.07) is 0. The van der Waals surface area contributed by atoms with E-state index in [1.807, 2.05) is 0 Å². The standard InChI is InChI=1S/C6H8BrClO2/c1-4(2)6(9)10-3-5(7)8/h5H,1,3H2,2H3. The predicted molar refractivity (Wildman–Crippen MR) is 44.3 cm³/mol. The Morgan fingerprint density at radius 3 is 2.70 bits per heavy atom. The van der Waals surface area contributed by atoms with Crippen molar-refractivity contribution in [2.75, 3.05) is 6.61 Å². The predicted octanol–water partition coefficient (Wildman–Crippen LogP) is 2.07. The van der Waals surface area contributed by atoms with Gasteiger partial charge in [0.25, 0.3) is 0 Å². The molecule has 10 heavy (non-hydrogen) atoms. The van der Waals surface area contributed by atoms with Crippen molar-refractivity contribution >= 4 is 33.5 Å². The molecule has 0 bridgehead atoms. The minimum atomic E-state index is -0.412. The molecule has 0 spiro atoms. The fourth-order valence-electron chi connectivity index (χ4n) is 0.262. The molecule has 4 heteroatoms. The van der Waals surface area contributed by atoms with Gasteiger partial charge in [-0.25, -0.2) is 4.79 Å². The van der Waals surface area contributed by atoms with Crippen LogP contribution >= 0.6 is 27.5 Å². The lowest BCUT2D eigenvalue weighted by atomic mass is 10.4. The first-order valence-corrected chi connectivity index (χ1v) is 4.00. The third-order valence-electron chi connectivity index (χ3n) is 0.689. The lowest BCUT2D eigenvalue weighted by Gasteiger charge is -2.03. The van der Waals surface area contributed by atoms with Crippen molar-refractivity contribution in [3.05, 3.63) is 12.2 Å². The van der Waals surface area contributed by atoms with Gasteiger partial charge in [-0.2, -0.15) is 0 Å².